The Morgan fingerprint density at radius 2 is 2.41 bits per heavy atom. The maximum atomic E-state index is 11.9. The zero-order valence-electron chi connectivity index (χ0n) is 9.73. The highest BCUT2D eigenvalue weighted by atomic mass is 16.1. The number of fused-ring (bicyclic) bond motifs is 1. The van der Waals surface area contributed by atoms with Crippen LogP contribution in [0.15, 0.2) is 24.4 Å². The summed E-state index contributed by atoms with van der Waals surface area (Å²) in [6.07, 6.45) is 2.46. The van der Waals surface area contributed by atoms with Gasteiger partial charge in [-0.15, -0.1) is 0 Å². The second-order valence-electron chi connectivity index (χ2n) is 3.97. The fourth-order valence-corrected chi connectivity index (χ4v) is 1.77. The van der Waals surface area contributed by atoms with E-state index in [4.69, 9.17) is 5.73 Å². The van der Waals surface area contributed by atoms with Gasteiger partial charge in [0.05, 0.1) is 23.3 Å². The van der Waals surface area contributed by atoms with Gasteiger partial charge in [-0.3, -0.25) is 9.89 Å². The van der Waals surface area contributed by atoms with Crippen molar-refractivity contribution in [3.05, 3.63) is 24.4 Å². The van der Waals surface area contributed by atoms with Crippen molar-refractivity contribution in [3.63, 3.8) is 0 Å². The largest absolute Gasteiger partial charge is 0.330 e. The molecule has 2 rings (SSSR count). The van der Waals surface area contributed by atoms with Crippen LogP contribution < -0.4 is 11.1 Å². The van der Waals surface area contributed by atoms with Crippen molar-refractivity contribution in [1.82, 2.24) is 10.2 Å². The Labute approximate surface area is 99.4 Å². The molecule has 1 unspecified atom stereocenters. The van der Waals surface area contributed by atoms with Gasteiger partial charge in [0.2, 0.25) is 5.91 Å². The molecule has 0 bridgehead atoms. The second kappa shape index (κ2) is 4.97. The fraction of sp³-hybridized carbons (Fsp3) is 0.333. The van der Waals surface area contributed by atoms with Crippen LogP contribution in [0.1, 0.15) is 13.3 Å². The molecule has 5 heteroatoms. The number of carbonyl (C=O) groups excluding carboxylic acids is 1. The number of nitrogens with one attached hydrogen (secondary N) is 2. The van der Waals surface area contributed by atoms with Crippen LogP contribution in [-0.4, -0.2) is 22.6 Å². The lowest BCUT2D eigenvalue weighted by Crippen LogP contribution is -2.28. The third-order valence-electron chi connectivity index (χ3n) is 2.88. The number of aromatic nitrogens is 2. The average Bonchev–Trinajstić information content (AvgIpc) is 2.80. The minimum Gasteiger partial charge on any atom is -0.330 e. The summed E-state index contributed by atoms with van der Waals surface area (Å²) in [5.41, 5.74) is 7.14. The minimum absolute atomic E-state index is 0.0444. The quantitative estimate of drug-likeness (QED) is 0.746. The van der Waals surface area contributed by atoms with E-state index in [-0.39, 0.29) is 11.8 Å². The highest BCUT2D eigenvalue weighted by Gasteiger charge is 2.15. The number of H-pyrrole nitrogens is 1. The van der Waals surface area contributed by atoms with E-state index >= 15 is 0 Å². The molecule has 1 heterocycles. The Bertz CT molecular complexity index is 516. The topological polar surface area (TPSA) is 83.8 Å². The van der Waals surface area contributed by atoms with Gasteiger partial charge >= 0.3 is 0 Å². The number of aromatic amines is 1. The maximum Gasteiger partial charge on any atom is 0.228 e. The van der Waals surface area contributed by atoms with E-state index in [0.29, 0.717) is 6.54 Å². The summed E-state index contributed by atoms with van der Waals surface area (Å²) in [4.78, 5) is 11.9. The number of nitrogens with two attached hydrogens (primary N) is 1. The molecular weight excluding hydrogens is 216 g/mol. The average molecular weight is 232 g/mol. The van der Waals surface area contributed by atoms with Gasteiger partial charge < -0.3 is 11.1 Å². The van der Waals surface area contributed by atoms with Crippen molar-refractivity contribution in [2.75, 3.05) is 11.9 Å². The molecule has 0 radical (unpaired) electrons. The highest BCUT2D eigenvalue weighted by Crippen LogP contribution is 2.21. The first-order valence-corrected chi connectivity index (χ1v) is 5.69. The summed E-state index contributed by atoms with van der Waals surface area (Å²) in [7, 11) is 0. The SMILES string of the molecule is CCC(CN)C(=O)Nc1cccc2cn[nH]c12. The van der Waals surface area contributed by atoms with Crippen LogP contribution in [0.2, 0.25) is 0 Å². The standard InChI is InChI=1S/C12H16N4O/c1-2-8(6-13)12(17)15-10-5-3-4-9-7-14-16-11(9)10/h3-5,7-8H,2,6,13H2,1H3,(H,14,16)(H,15,17). The Morgan fingerprint density at radius 1 is 1.59 bits per heavy atom. The fourth-order valence-electron chi connectivity index (χ4n) is 1.77. The normalized spacial score (nSPS) is 12.6. The molecular formula is C12H16N4O. The molecule has 1 aromatic heterocycles. The summed E-state index contributed by atoms with van der Waals surface area (Å²) >= 11 is 0. The summed E-state index contributed by atoms with van der Waals surface area (Å²) < 4.78 is 0. The van der Waals surface area contributed by atoms with Gasteiger partial charge in [0, 0.05) is 11.9 Å². The van der Waals surface area contributed by atoms with Gasteiger partial charge in [-0.2, -0.15) is 5.10 Å². The Hall–Kier alpha value is -1.88. The molecule has 1 atom stereocenters. The van der Waals surface area contributed by atoms with Gasteiger partial charge in [-0.25, -0.2) is 0 Å². The molecule has 1 amide bonds. The van der Waals surface area contributed by atoms with E-state index in [1.54, 1.807) is 6.20 Å². The molecule has 17 heavy (non-hydrogen) atoms. The van der Waals surface area contributed by atoms with Gasteiger partial charge in [0.25, 0.3) is 0 Å². The molecule has 0 aliphatic rings. The molecule has 4 N–H and O–H groups in total. The van der Waals surface area contributed by atoms with Gasteiger partial charge in [-0.05, 0) is 12.5 Å². The van der Waals surface area contributed by atoms with E-state index < -0.39 is 0 Å². The van der Waals surface area contributed by atoms with Gasteiger partial charge in [0.1, 0.15) is 0 Å². The van der Waals surface area contributed by atoms with Crippen LogP contribution in [-0.2, 0) is 4.79 Å². The van der Waals surface area contributed by atoms with E-state index in [9.17, 15) is 4.79 Å². The van der Waals surface area contributed by atoms with E-state index in [1.165, 1.54) is 0 Å². The number of anilines is 1. The molecule has 0 fully saturated rings. The molecule has 1 aromatic carbocycles. The number of benzene rings is 1. The summed E-state index contributed by atoms with van der Waals surface area (Å²) in [6.45, 7) is 2.31. The number of amides is 1. The zero-order valence-corrected chi connectivity index (χ0v) is 9.73. The number of nitrogens with zero attached hydrogens (tertiary/aromatic N) is 1. The van der Waals surface area contributed by atoms with Gasteiger partial charge in [0.15, 0.2) is 0 Å². The van der Waals surface area contributed by atoms with Crippen LogP contribution in [0.4, 0.5) is 5.69 Å². The first-order valence-electron chi connectivity index (χ1n) is 5.69. The van der Waals surface area contributed by atoms with Crippen molar-refractivity contribution < 1.29 is 4.79 Å². The Balaban J connectivity index is 2.23. The lowest BCUT2D eigenvalue weighted by atomic mass is 10.1. The first kappa shape index (κ1) is 11.6. The Kier molecular flexibility index (Phi) is 3.39. The van der Waals surface area contributed by atoms with Gasteiger partial charge in [-0.1, -0.05) is 19.1 Å². The predicted octanol–water partition coefficient (Wildman–Crippen LogP) is 1.49. The molecule has 0 saturated carbocycles. The first-order chi connectivity index (χ1) is 8.26. The number of rotatable bonds is 4. The third kappa shape index (κ3) is 2.29. The zero-order chi connectivity index (χ0) is 12.3. The molecule has 0 aliphatic carbocycles. The lowest BCUT2D eigenvalue weighted by molar-refractivity contribution is -0.119. The van der Waals surface area contributed by atoms with Crippen molar-refractivity contribution in [2.24, 2.45) is 11.7 Å². The molecule has 0 saturated heterocycles. The van der Waals surface area contributed by atoms with Crippen molar-refractivity contribution in [1.29, 1.82) is 0 Å². The number of carbonyl (C=O) groups is 1. The van der Waals surface area contributed by atoms with Crippen LogP contribution in [0.5, 0.6) is 0 Å². The second-order valence-corrected chi connectivity index (χ2v) is 3.97. The van der Waals surface area contributed by atoms with Crippen LogP contribution >= 0.6 is 0 Å². The third-order valence-corrected chi connectivity index (χ3v) is 2.88. The van der Waals surface area contributed by atoms with Crippen molar-refractivity contribution >= 4 is 22.5 Å². The minimum atomic E-state index is -0.145. The molecule has 5 nitrogen and oxygen atoms in total. The predicted molar refractivity (Wildman–Crippen MR) is 67.6 cm³/mol. The van der Waals surface area contributed by atoms with Crippen molar-refractivity contribution in [3.8, 4) is 0 Å². The molecule has 0 aliphatic heterocycles. The monoisotopic (exact) mass is 232 g/mol. The molecule has 90 valence electrons. The summed E-state index contributed by atoms with van der Waals surface area (Å²) in [6, 6.07) is 5.67. The summed E-state index contributed by atoms with van der Waals surface area (Å²) in [5, 5.41) is 10.7. The maximum absolute atomic E-state index is 11.9. The number of hydrogen-bond acceptors (Lipinski definition) is 3. The van der Waals surface area contributed by atoms with E-state index in [0.717, 1.165) is 23.0 Å². The lowest BCUT2D eigenvalue weighted by Gasteiger charge is -2.12. The smallest absolute Gasteiger partial charge is 0.228 e. The summed E-state index contributed by atoms with van der Waals surface area (Å²) in [5.74, 6) is -0.190. The van der Waals surface area contributed by atoms with E-state index in [2.05, 4.69) is 15.5 Å². The van der Waals surface area contributed by atoms with Crippen molar-refractivity contribution in [2.45, 2.75) is 13.3 Å². The molecule has 0 spiro atoms. The number of para-hydroxylation sites is 1. The van der Waals surface area contributed by atoms with E-state index in [1.807, 2.05) is 25.1 Å². The van der Waals surface area contributed by atoms with Crippen LogP contribution in [0, 0.1) is 5.92 Å². The Morgan fingerprint density at radius 3 is 3.12 bits per heavy atom. The number of hydrogen-bond donors (Lipinski definition) is 3. The van der Waals surface area contributed by atoms with Crippen LogP contribution in [0.25, 0.3) is 10.9 Å². The molecule has 2 aromatic rings. The highest BCUT2D eigenvalue weighted by molar-refractivity contribution is 6.00. The van der Waals surface area contributed by atoms with Crippen LogP contribution in [0.3, 0.4) is 0 Å².